The largest absolute Gasteiger partial charge is 0.464 e. The molecule has 0 unspecified atom stereocenters. The fourth-order valence-corrected chi connectivity index (χ4v) is 4.60. The zero-order chi connectivity index (χ0) is 21.9. The van der Waals surface area contributed by atoms with Gasteiger partial charge < -0.3 is 8.98 Å². The second kappa shape index (κ2) is 6.58. The summed E-state index contributed by atoms with van der Waals surface area (Å²) in [6.45, 7) is 0. The Kier molecular flexibility index (Phi) is 4.06. The van der Waals surface area contributed by atoms with Gasteiger partial charge in [0, 0.05) is 46.3 Å². The van der Waals surface area contributed by atoms with Gasteiger partial charge in [0.25, 0.3) is 11.8 Å². The van der Waals surface area contributed by atoms with E-state index >= 15 is 0 Å². The van der Waals surface area contributed by atoms with Gasteiger partial charge in [-0.2, -0.15) is 0 Å². The van der Waals surface area contributed by atoms with Gasteiger partial charge in [-0.3, -0.25) is 19.6 Å². The molecule has 0 radical (unpaired) electrons. The highest BCUT2D eigenvalue weighted by atomic mass is 32.2. The van der Waals surface area contributed by atoms with E-state index < -0.39 is 21.8 Å². The van der Waals surface area contributed by atoms with Crippen LogP contribution in [0.1, 0.15) is 11.1 Å². The van der Waals surface area contributed by atoms with Crippen LogP contribution in [0.2, 0.25) is 0 Å². The number of hydrogen-bond acceptors (Lipinski definition) is 5. The predicted octanol–water partition coefficient (Wildman–Crippen LogP) is 2.86. The van der Waals surface area contributed by atoms with Gasteiger partial charge in [-0.1, -0.05) is 18.2 Å². The third-order valence-electron chi connectivity index (χ3n) is 5.22. The first-order valence-corrected chi connectivity index (χ1v) is 11.3. The number of aryl methyl sites for hydroxylation is 1. The molecular weight excluding hydrogens is 418 g/mol. The van der Waals surface area contributed by atoms with Crippen LogP contribution in [0.25, 0.3) is 33.0 Å². The van der Waals surface area contributed by atoms with E-state index in [4.69, 9.17) is 4.42 Å². The average Bonchev–Trinajstić information content (AvgIpc) is 3.36. The molecule has 0 saturated heterocycles. The van der Waals surface area contributed by atoms with E-state index in [9.17, 15) is 18.0 Å². The van der Waals surface area contributed by atoms with Crippen LogP contribution < -0.4 is 10.0 Å². The molecule has 2 aromatic heterocycles. The van der Waals surface area contributed by atoms with Crippen LogP contribution >= 0.6 is 0 Å². The van der Waals surface area contributed by atoms with Gasteiger partial charge in [0.1, 0.15) is 5.58 Å². The zero-order valence-electron chi connectivity index (χ0n) is 16.6. The molecule has 2 aromatic carbocycles. The summed E-state index contributed by atoms with van der Waals surface area (Å²) in [6, 6.07) is 12.3. The molecule has 4 aromatic rings. The molecule has 1 aliphatic rings. The van der Waals surface area contributed by atoms with E-state index in [0.29, 0.717) is 22.1 Å². The van der Waals surface area contributed by atoms with Crippen molar-refractivity contribution in [2.45, 2.75) is 0 Å². The summed E-state index contributed by atoms with van der Waals surface area (Å²) in [7, 11) is -1.69. The van der Waals surface area contributed by atoms with Gasteiger partial charge in [0.2, 0.25) is 10.0 Å². The molecule has 31 heavy (non-hydrogen) atoms. The third-order valence-corrected chi connectivity index (χ3v) is 5.83. The van der Waals surface area contributed by atoms with Crippen LogP contribution in [0.5, 0.6) is 0 Å². The van der Waals surface area contributed by atoms with Crippen molar-refractivity contribution in [2.24, 2.45) is 7.05 Å². The fraction of sp³-hybridized carbons (Fsp3) is 0.0909. The number of rotatable bonds is 4. The Labute approximate surface area is 177 Å². The quantitative estimate of drug-likeness (QED) is 0.479. The molecule has 0 saturated carbocycles. The number of furan rings is 1. The Morgan fingerprint density at radius 2 is 1.71 bits per heavy atom. The number of carbonyl (C=O) groups excluding carboxylic acids is 2. The Hall–Kier alpha value is -3.85. The summed E-state index contributed by atoms with van der Waals surface area (Å²) in [5.41, 5.74) is 2.86. The van der Waals surface area contributed by atoms with Crippen molar-refractivity contribution in [1.82, 2.24) is 9.88 Å². The van der Waals surface area contributed by atoms with Crippen molar-refractivity contribution < 1.29 is 22.4 Å². The van der Waals surface area contributed by atoms with Crippen LogP contribution in [0.3, 0.4) is 0 Å². The lowest BCUT2D eigenvalue weighted by molar-refractivity contribution is -0.122. The molecule has 0 bridgehead atoms. The summed E-state index contributed by atoms with van der Waals surface area (Å²) in [5, 5.41) is 3.79. The number of nitrogens with zero attached hydrogens (tertiary/aromatic N) is 1. The number of amides is 2. The minimum atomic E-state index is -3.55. The van der Waals surface area contributed by atoms with E-state index in [-0.39, 0.29) is 16.8 Å². The average molecular weight is 435 g/mol. The van der Waals surface area contributed by atoms with Gasteiger partial charge in [0.05, 0.1) is 23.7 Å². The molecule has 1 aliphatic heterocycles. The van der Waals surface area contributed by atoms with Crippen LogP contribution in [0, 0.1) is 0 Å². The number of nitrogens with one attached hydrogen (secondary N) is 2. The molecule has 5 rings (SSSR count). The molecule has 9 heteroatoms. The Bertz CT molecular complexity index is 1560. The highest BCUT2D eigenvalue weighted by Crippen LogP contribution is 2.39. The number of para-hydroxylation sites is 1. The van der Waals surface area contributed by atoms with E-state index in [2.05, 4.69) is 10.0 Å². The fourth-order valence-electron chi connectivity index (χ4n) is 4.05. The van der Waals surface area contributed by atoms with Crippen molar-refractivity contribution in [3.05, 3.63) is 66.1 Å². The maximum Gasteiger partial charge on any atom is 0.259 e. The van der Waals surface area contributed by atoms with Crippen molar-refractivity contribution in [3.63, 3.8) is 0 Å². The molecule has 0 fully saturated rings. The van der Waals surface area contributed by atoms with E-state index in [0.717, 1.165) is 17.2 Å². The lowest BCUT2D eigenvalue weighted by Crippen LogP contribution is -2.22. The molecule has 8 nitrogen and oxygen atoms in total. The molecule has 0 aliphatic carbocycles. The van der Waals surface area contributed by atoms with E-state index in [1.54, 1.807) is 18.3 Å². The SMILES string of the molecule is Cn1cc(C2=C(c3cc(NS(C)(=O)=O)cc4ccoc34)C(=O)NC2=O)c2ccccc21. The minimum Gasteiger partial charge on any atom is -0.464 e. The van der Waals surface area contributed by atoms with Crippen LogP contribution in [0.4, 0.5) is 5.69 Å². The molecule has 0 atom stereocenters. The van der Waals surface area contributed by atoms with Crippen molar-refractivity contribution in [3.8, 4) is 0 Å². The summed E-state index contributed by atoms with van der Waals surface area (Å²) in [4.78, 5) is 25.8. The topological polar surface area (TPSA) is 110 Å². The normalized spacial score (nSPS) is 14.6. The van der Waals surface area contributed by atoms with Crippen molar-refractivity contribution in [2.75, 3.05) is 11.0 Å². The molecular formula is C22H17N3O5S. The van der Waals surface area contributed by atoms with Crippen molar-refractivity contribution in [1.29, 1.82) is 0 Å². The Morgan fingerprint density at radius 1 is 1.00 bits per heavy atom. The second-order valence-electron chi connectivity index (χ2n) is 7.44. The lowest BCUT2D eigenvalue weighted by Gasteiger charge is -2.09. The highest BCUT2D eigenvalue weighted by molar-refractivity contribution is 7.92. The minimum absolute atomic E-state index is 0.137. The lowest BCUT2D eigenvalue weighted by atomic mass is 9.94. The Morgan fingerprint density at radius 3 is 2.45 bits per heavy atom. The van der Waals surface area contributed by atoms with Crippen LogP contribution in [-0.2, 0) is 26.7 Å². The summed E-state index contributed by atoms with van der Waals surface area (Å²) in [6.07, 6.45) is 4.29. The van der Waals surface area contributed by atoms with Crippen LogP contribution in [0.15, 0.2) is 59.3 Å². The van der Waals surface area contributed by atoms with Gasteiger partial charge >= 0.3 is 0 Å². The molecule has 3 heterocycles. The summed E-state index contributed by atoms with van der Waals surface area (Å²) < 4.78 is 33.5. The maximum absolute atomic E-state index is 12.9. The first kappa shape index (κ1) is 19.1. The molecule has 2 N–H and O–H groups in total. The number of carbonyl (C=O) groups is 2. The smallest absolute Gasteiger partial charge is 0.259 e. The predicted molar refractivity (Wildman–Crippen MR) is 118 cm³/mol. The number of fused-ring (bicyclic) bond motifs is 2. The highest BCUT2D eigenvalue weighted by Gasteiger charge is 2.35. The third kappa shape index (κ3) is 3.10. The van der Waals surface area contributed by atoms with Crippen LogP contribution in [-0.4, -0.2) is 31.1 Å². The molecule has 156 valence electrons. The van der Waals surface area contributed by atoms with Gasteiger partial charge in [-0.15, -0.1) is 0 Å². The first-order chi connectivity index (χ1) is 14.7. The second-order valence-corrected chi connectivity index (χ2v) is 9.19. The number of imide groups is 1. The number of aromatic nitrogens is 1. The van der Waals surface area contributed by atoms with Crippen molar-refractivity contribution >= 4 is 60.5 Å². The van der Waals surface area contributed by atoms with Gasteiger partial charge in [-0.25, -0.2) is 8.42 Å². The summed E-state index contributed by atoms with van der Waals surface area (Å²) >= 11 is 0. The molecule has 0 spiro atoms. The first-order valence-electron chi connectivity index (χ1n) is 9.37. The maximum atomic E-state index is 12.9. The monoisotopic (exact) mass is 435 g/mol. The Balaban J connectivity index is 1.84. The van der Waals surface area contributed by atoms with E-state index in [1.807, 2.05) is 35.9 Å². The number of anilines is 1. The standard InChI is InChI=1S/C22H17N3O5S/c1-25-11-16(14-5-3-4-6-17(14)25)19-18(21(26)23-22(19)27)15-10-13(24-31(2,28)29)9-12-7-8-30-20(12)15/h3-11,24H,1-2H3,(H,23,26,27). The molecule has 2 amide bonds. The van der Waals surface area contributed by atoms with E-state index in [1.165, 1.54) is 12.3 Å². The zero-order valence-corrected chi connectivity index (χ0v) is 17.4. The van der Waals surface area contributed by atoms with Gasteiger partial charge in [0.15, 0.2) is 0 Å². The number of hydrogen-bond donors (Lipinski definition) is 2. The van der Waals surface area contributed by atoms with Gasteiger partial charge in [-0.05, 0) is 24.3 Å². The summed E-state index contributed by atoms with van der Waals surface area (Å²) in [5.74, 6) is -1.08. The number of sulfonamides is 1. The number of benzene rings is 2.